The van der Waals surface area contributed by atoms with Crippen LogP contribution in [0.5, 0.6) is 34.5 Å². The van der Waals surface area contributed by atoms with Crippen LogP contribution in [0.3, 0.4) is 0 Å². The first-order valence-corrected chi connectivity index (χ1v) is 23.6. The van der Waals surface area contributed by atoms with E-state index in [0.717, 1.165) is 39.9 Å². The number of aryl methyl sites for hydroxylation is 6. The van der Waals surface area contributed by atoms with E-state index in [1.807, 2.05) is 18.2 Å². The highest BCUT2D eigenvalue weighted by Crippen LogP contribution is 2.51. The van der Waals surface area contributed by atoms with E-state index in [1.54, 1.807) is 95.3 Å². The van der Waals surface area contributed by atoms with Gasteiger partial charge in [-0.3, -0.25) is 14.4 Å². The maximum absolute atomic E-state index is 15.3. The Bertz CT molecular complexity index is 3580. The maximum Gasteiger partial charge on any atom is 0.343 e. The average molecular weight is 1020 g/mol. The molecule has 0 radical (unpaired) electrons. The molecule has 0 bridgehead atoms. The summed E-state index contributed by atoms with van der Waals surface area (Å²) in [4.78, 5) is 112. The van der Waals surface area contributed by atoms with E-state index in [0.29, 0.717) is 0 Å². The summed E-state index contributed by atoms with van der Waals surface area (Å²) in [5.74, 6) is -11.9. The Hall–Kier alpha value is -10.1. The van der Waals surface area contributed by atoms with Crippen LogP contribution in [0.15, 0.2) is 164 Å². The van der Waals surface area contributed by atoms with Gasteiger partial charge in [-0.25, -0.2) is 24.0 Å². The first kappa shape index (κ1) is 52.2. The molecule has 8 aromatic rings. The Morgan fingerprint density at radius 2 is 0.592 bits per heavy atom. The molecule has 0 aromatic heterocycles. The maximum atomic E-state index is 15.3. The van der Waals surface area contributed by atoms with Crippen molar-refractivity contribution in [1.82, 2.24) is 0 Å². The summed E-state index contributed by atoms with van der Waals surface area (Å²) >= 11 is 0. The molecule has 0 amide bonds. The van der Waals surface area contributed by atoms with Gasteiger partial charge >= 0.3 is 29.8 Å². The predicted molar refractivity (Wildman–Crippen MR) is 278 cm³/mol. The average Bonchev–Trinajstić information content (AvgIpc) is 3.47. The first-order valence-electron chi connectivity index (χ1n) is 23.6. The highest BCUT2D eigenvalue weighted by Gasteiger charge is 2.43. The van der Waals surface area contributed by atoms with Gasteiger partial charge in [0.2, 0.25) is 11.5 Å². The molecule has 1 aliphatic carbocycles. The fraction of sp³-hybridized carbons (Fsp3) is 0.0968. The van der Waals surface area contributed by atoms with Crippen molar-refractivity contribution in [2.24, 2.45) is 0 Å². The van der Waals surface area contributed by atoms with Crippen molar-refractivity contribution in [3.05, 3.63) is 247 Å². The molecule has 0 saturated heterocycles. The highest BCUT2D eigenvalue weighted by molar-refractivity contribution is 6.31. The molecule has 14 heteroatoms. The summed E-state index contributed by atoms with van der Waals surface area (Å²) in [7, 11) is 0. The summed E-state index contributed by atoms with van der Waals surface area (Å²) in [6, 6.07) is 42.8. The largest absolute Gasteiger partial charge is 0.425 e. The van der Waals surface area contributed by atoms with Gasteiger partial charge in [0.1, 0.15) is 0 Å². The van der Waals surface area contributed by atoms with Crippen LogP contribution in [-0.4, -0.2) is 47.9 Å². The monoisotopic (exact) mass is 1010 g/mol. The fourth-order valence-electron chi connectivity index (χ4n) is 7.66. The Labute approximate surface area is 436 Å². The Balaban J connectivity index is 0.00000101. The number of benzene rings is 8. The molecule has 0 atom stereocenters. The van der Waals surface area contributed by atoms with Crippen molar-refractivity contribution < 1.29 is 66.8 Å². The van der Waals surface area contributed by atoms with Crippen molar-refractivity contribution in [3.8, 4) is 34.5 Å². The molecule has 0 aliphatic heterocycles. The zero-order chi connectivity index (χ0) is 54.2. The number of hydrogen-bond acceptors (Lipinski definition) is 14. The molecule has 0 unspecified atom stereocenters. The molecule has 14 nitrogen and oxygen atoms in total. The molecular weight excluding hydrogens is 969 g/mol. The van der Waals surface area contributed by atoms with Crippen molar-refractivity contribution in [1.29, 1.82) is 0 Å². The minimum atomic E-state index is -1.13. The van der Waals surface area contributed by atoms with E-state index in [2.05, 4.69) is 19.1 Å². The second kappa shape index (κ2) is 22.8. The molecule has 0 heterocycles. The van der Waals surface area contributed by atoms with E-state index in [1.165, 1.54) is 66.2 Å². The van der Waals surface area contributed by atoms with Crippen molar-refractivity contribution in [3.63, 3.8) is 0 Å². The van der Waals surface area contributed by atoms with Crippen molar-refractivity contribution in [2.75, 3.05) is 0 Å². The van der Waals surface area contributed by atoms with Crippen LogP contribution in [-0.2, 0) is 4.79 Å². The fourth-order valence-corrected chi connectivity index (χ4v) is 7.66. The second-order valence-corrected chi connectivity index (χ2v) is 17.7. The molecule has 76 heavy (non-hydrogen) atoms. The lowest BCUT2D eigenvalue weighted by atomic mass is 9.82. The number of hydrogen-bond donors (Lipinski definition) is 0. The number of rotatable bonds is 12. The second-order valence-electron chi connectivity index (χ2n) is 17.7. The molecule has 0 saturated carbocycles. The zero-order valence-corrected chi connectivity index (χ0v) is 41.9. The molecule has 1 aliphatic rings. The van der Waals surface area contributed by atoms with Crippen LogP contribution in [0.4, 0.5) is 0 Å². The minimum absolute atomic E-state index is 0.00101. The number of ether oxygens (including phenoxy) is 6. The van der Waals surface area contributed by atoms with E-state index >= 15 is 9.59 Å². The summed E-state index contributed by atoms with van der Waals surface area (Å²) < 4.78 is 34.6. The minimum Gasteiger partial charge on any atom is -0.425 e. The number of carbonyl (C=O) groups is 8. The summed E-state index contributed by atoms with van der Waals surface area (Å²) in [5, 5.41) is 0. The van der Waals surface area contributed by atoms with Gasteiger partial charge in [-0.15, -0.1) is 0 Å². The molecular formula is C62H46O14. The highest BCUT2D eigenvalue weighted by atomic mass is 16.6. The Morgan fingerprint density at radius 1 is 0.329 bits per heavy atom. The molecule has 9 rings (SSSR count). The van der Waals surface area contributed by atoms with Gasteiger partial charge < -0.3 is 28.4 Å². The Morgan fingerprint density at radius 3 is 0.882 bits per heavy atom. The third-order valence-electron chi connectivity index (χ3n) is 11.9. The first-order chi connectivity index (χ1) is 36.5. The van der Waals surface area contributed by atoms with E-state index < -0.39 is 98.2 Å². The predicted octanol–water partition coefficient (Wildman–Crippen LogP) is 11.6. The van der Waals surface area contributed by atoms with Gasteiger partial charge in [0.05, 0.1) is 38.9 Å². The zero-order valence-electron chi connectivity index (χ0n) is 41.9. The van der Waals surface area contributed by atoms with E-state index in [4.69, 9.17) is 28.4 Å². The summed E-state index contributed by atoms with van der Waals surface area (Å²) in [5.41, 5.74) is 2.74. The van der Waals surface area contributed by atoms with Gasteiger partial charge in [0.25, 0.3) is 6.47 Å². The van der Waals surface area contributed by atoms with Gasteiger partial charge in [-0.05, 0) is 114 Å². The third kappa shape index (κ3) is 11.7. The molecule has 378 valence electrons. The van der Waals surface area contributed by atoms with Crippen LogP contribution >= 0.6 is 0 Å². The van der Waals surface area contributed by atoms with Gasteiger partial charge in [-0.2, -0.15) is 0 Å². The number of esters is 5. The quantitative estimate of drug-likeness (QED) is 0.0637. The molecule has 0 N–H and O–H groups in total. The van der Waals surface area contributed by atoms with Gasteiger partial charge in [0, 0.05) is 11.1 Å². The molecule has 8 aromatic carbocycles. The van der Waals surface area contributed by atoms with Crippen LogP contribution in [0.2, 0.25) is 0 Å². The third-order valence-corrected chi connectivity index (χ3v) is 11.9. The van der Waals surface area contributed by atoms with Crippen LogP contribution in [0.25, 0.3) is 0 Å². The van der Waals surface area contributed by atoms with E-state index in [-0.39, 0.29) is 34.3 Å². The van der Waals surface area contributed by atoms with E-state index in [9.17, 15) is 28.8 Å². The number of fused-ring (bicyclic) bond motifs is 2. The van der Waals surface area contributed by atoms with Gasteiger partial charge in [0.15, 0.2) is 34.6 Å². The summed E-state index contributed by atoms with van der Waals surface area (Å²) in [6.07, 6.45) is 0. The van der Waals surface area contributed by atoms with Crippen LogP contribution < -0.4 is 28.4 Å². The Kier molecular flexibility index (Phi) is 15.7. The normalized spacial score (nSPS) is 11.1. The lowest BCUT2D eigenvalue weighted by Crippen LogP contribution is -2.27. The topological polar surface area (TPSA) is 192 Å². The van der Waals surface area contributed by atoms with Crippen molar-refractivity contribution >= 4 is 47.9 Å². The SMILES string of the molecule is Cc1ccc(C(=O)Oc2cc3c(c(OC(=O)c4ccc(C)cc4)c2OC(=O)c2ccc(C)cc2)C(=O)c2cc(OC=O)c(OC(=O)c4ccc(C)cc4)c(OC(=O)c4ccc(C)cc4)c2C3=O)cc1.Cc1ccccc1. The standard InChI is InChI=1S/C55H38O14.C7H8/c1-29-6-16-34(17-7-29)51(59)65-42-27-40-44(50(69-55(63)38-24-14-33(5)15-25-38)48(42)67-53(61)36-20-10-31(3)11-21-36)45(57)39-26-41(64-28-56)47(66-52(60)35-18-8-30(2)9-19-35)49(43(39)46(40)58)68-54(62)37-22-12-32(4)13-23-37;1-7-5-3-2-4-6-7/h6-28H,1-5H3;2-6H,1H3. The van der Waals surface area contributed by atoms with Crippen molar-refractivity contribution in [2.45, 2.75) is 41.5 Å². The summed E-state index contributed by atoms with van der Waals surface area (Å²) in [6.45, 7) is 11.0. The smallest absolute Gasteiger partial charge is 0.343 e. The lowest BCUT2D eigenvalue weighted by Gasteiger charge is -2.26. The molecule has 0 spiro atoms. The van der Waals surface area contributed by atoms with Gasteiger partial charge in [-0.1, -0.05) is 124 Å². The van der Waals surface area contributed by atoms with Crippen LogP contribution in [0.1, 0.15) is 117 Å². The lowest BCUT2D eigenvalue weighted by molar-refractivity contribution is -0.120. The number of ketones is 2. The number of carbonyl (C=O) groups excluding carboxylic acids is 8. The van der Waals surface area contributed by atoms with Crippen LogP contribution in [0, 0.1) is 41.5 Å². The molecule has 0 fully saturated rings.